The van der Waals surface area contributed by atoms with Gasteiger partial charge in [-0.05, 0) is 12.5 Å². The fourth-order valence-corrected chi connectivity index (χ4v) is 1.77. The third kappa shape index (κ3) is 4.76. The molecule has 1 aromatic rings. The second-order valence-corrected chi connectivity index (χ2v) is 4.49. The zero-order chi connectivity index (χ0) is 14.1. The Balaban J connectivity index is 2.56. The van der Waals surface area contributed by atoms with Crippen LogP contribution in [0.2, 0.25) is 0 Å². The fourth-order valence-electron chi connectivity index (χ4n) is 1.77. The maximum atomic E-state index is 6.36. The van der Waals surface area contributed by atoms with E-state index in [0.29, 0.717) is 13.2 Å². The van der Waals surface area contributed by atoms with Crippen molar-refractivity contribution in [1.29, 1.82) is 0 Å². The third-order valence-electron chi connectivity index (χ3n) is 2.96. The Morgan fingerprint density at radius 2 is 2.00 bits per heavy atom. The molecule has 0 amide bonds. The van der Waals surface area contributed by atoms with Gasteiger partial charge in [0.1, 0.15) is 6.79 Å². The molecule has 0 fully saturated rings. The molecule has 0 spiro atoms. The molecule has 4 nitrogen and oxygen atoms in total. The van der Waals surface area contributed by atoms with Gasteiger partial charge in [0.25, 0.3) is 0 Å². The molecular weight excluding hydrogens is 242 g/mol. The van der Waals surface area contributed by atoms with Crippen LogP contribution in [0.3, 0.4) is 0 Å². The van der Waals surface area contributed by atoms with Crippen LogP contribution in [0.1, 0.15) is 12.5 Å². The van der Waals surface area contributed by atoms with E-state index in [1.54, 1.807) is 13.2 Å². The highest BCUT2D eigenvalue weighted by molar-refractivity contribution is 5.26. The van der Waals surface area contributed by atoms with E-state index in [0.717, 1.165) is 5.56 Å². The lowest BCUT2D eigenvalue weighted by Gasteiger charge is -2.32. The molecule has 0 bridgehead atoms. The van der Waals surface area contributed by atoms with E-state index in [4.69, 9.17) is 19.9 Å². The molecular formula is C15H23NO3. The third-order valence-corrected chi connectivity index (χ3v) is 2.96. The van der Waals surface area contributed by atoms with Gasteiger partial charge >= 0.3 is 0 Å². The molecule has 0 radical (unpaired) electrons. The normalized spacial score (nSPS) is 15.7. The summed E-state index contributed by atoms with van der Waals surface area (Å²) in [7, 11) is 1.63. The first kappa shape index (κ1) is 15.9. The van der Waals surface area contributed by atoms with Crippen molar-refractivity contribution in [3.63, 3.8) is 0 Å². The van der Waals surface area contributed by atoms with Crippen LogP contribution in [0.4, 0.5) is 0 Å². The van der Waals surface area contributed by atoms with Gasteiger partial charge in [0, 0.05) is 7.11 Å². The van der Waals surface area contributed by atoms with Gasteiger partial charge in [-0.15, -0.1) is 6.58 Å². The molecule has 2 atom stereocenters. The Morgan fingerprint density at radius 1 is 1.32 bits per heavy atom. The van der Waals surface area contributed by atoms with Crippen molar-refractivity contribution in [2.24, 2.45) is 5.73 Å². The van der Waals surface area contributed by atoms with Crippen LogP contribution in [0, 0.1) is 0 Å². The van der Waals surface area contributed by atoms with Crippen LogP contribution >= 0.6 is 0 Å². The van der Waals surface area contributed by atoms with Gasteiger partial charge in [-0.2, -0.15) is 0 Å². The predicted octanol–water partition coefficient (Wildman–Crippen LogP) is 2.05. The molecule has 0 unspecified atom stereocenters. The van der Waals surface area contributed by atoms with Crippen LogP contribution in [-0.4, -0.2) is 33.2 Å². The summed E-state index contributed by atoms with van der Waals surface area (Å²) in [5, 5.41) is 0. The maximum absolute atomic E-state index is 6.36. The topological polar surface area (TPSA) is 53.7 Å². The van der Waals surface area contributed by atoms with Crippen LogP contribution in [0.15, 0.2) is 43.0 Å². The summed E-state index contributed by atoms with van der Waals surface area (Å²) in [6.07, 6.45) is 1.38. The number of benzene rings is 1. The van der Waals surface area contributed by atoms with Crippen molar-refractivity contribution in [3.05, 3.63) is 48.6 Å². The average Bonchev–Trinajstić information content (AvgIpc) is 2.43. The Bertz CT molecular complexity index is 365. The Kier molecular flexibility index (Phi) is 6.73. The highest BCUT2D eigenvalue weighted by Crippen LogP contribution is 2.24. The molecule has 0 aliphatic rings. The van der Waals surface area contributed by atoms with Gasteiger partial charge in [0.15, 0.2) is 0 Å². The molecule has 106 valence electrons. The van der Waals surface area contributed by atoms with E-state index >= 15 is 0 Å². The largest absolute Gasteiger partial charge is 0.382 e. The Labute approximate surface area is 115 Å². The first-order valence-electron chi connectivity index (χ1n) is 6.28. The van der Waals surface area contributed by atoms with E-state index in [1.165, 1.54) is 0 Å². The van der Waals surface area contributed by atoms with Crippen molar-refractivity contribution in [3.8, 4) is 0 Å². The summed E-state index contributed by atoms with van der Waals surface area (Å²) < 4.78 is 15.8. The fraction of sp³-hybridized carbons (Fsp3) is 0.467. The lowest BCUT2D eigenvalue weighted by molar-refractivity contribution is -0.101. The Hall–Kier alpha value is -1.20. The van der Waals surface area contributed by atoms with Crippen LogP contribution < -0.4 is 5.73 Å². The van der Waals surface area contributed by atoms with E-state index < -0.39 is 5.54 Å². The van der Waals surface area contributed by atoms with Gasteiger partial charge in [-0.3, -0.25) is 0 Å². The molecule has 0 aliphatic carbocycles. The number of nitrogens with two attached hydrogens (primary N) is 1. The molecule has 0 aromatic heterocycles. The number of ether oxygens (including phenoxy) is 3. The van der Waals surface area contributed by atoms with Gasteiger partial charge in [0.2, 0.25) is 0 Å². The molecule has 2 N–H and O–H groups in total. The van der Waals surface area contributed by atoms with E-state index in [2.05, 4.69) is 6.58 Å². The minimum Gasteiger partial charge on any atom is -0.382 e. The highest BCUT2D eigenvalue weighted by atomic mass is 16.7. The molecule has 0 aliphatic heterocycles. The SMILES string of the molecule is C=C[C@@H](OCOCCOC)[C@](C)(N)c1ccccc1. The first-order chi connectivity index (χ1) is 9.12. The van der Waals surface area contributed by atoms with E-state index in [1.807, 2.05) is 37.3 Å². The number of rotatable bonds is 9. The summed E-state index contributed by atoms with van der Waals surface area (Å²) in [5.41, 5.74) is 6.71. The zero-order valence-electron chi connectivity index (χ0n) is 11.7. The van der Waals surface area contributed by atoms with Crippen molar-refractivity contribution in [1.82, 2.24) is 0 Å². The minimum atomic E-state index is -0.645. The Morgan fingerprint density at radius 3 is 2.58 bits per heavy atom. The quantitative estimate of drug-likeness (QED) is 0.422. The molecule has 19 heavy (non-hydrogen) atoms. The summed E-state index contributed by atoms with van der Waals surface area (Å²) in [6, 6.07) is 9.82. The highest BCUT2D eigenvalue weighted by Gasteiger charge is 2.30. The van der Waals surface area contributed by atoms with Crippen molar-refractivity contribution >= 4 is 0 Å². The number of hydrogen-bond acceptors (Lipinski definition) is 4. The maximum Gasteiger partial charge on any atom is 0.147 e. The lowest BCUT2D eigenvalue weighted by Crippen LogP contribution is -2.45. The second-order valence-electron chi connectivity index (χ2n) is 4.49. The smallest absolute Gasteiger partial charge is 0.147 e. The predicted molar refractivity (Wildman–Crippen MR) is 75.7 cm³/mol. The summed E-state index contributed by atoms with van der Waals surface area (Å²) in [5.74, 6) is 0. The molecule has 0 saturated carbocycles. The summed E-state index contributed by atoms with van der Waals surface area (Å²) in [4.78, 5) is 0. The number of hydrogen-bond donors (Lipinski definition) is 1. The van der Waals surface area contributed by atoms with Gasteiger partial charge in [-0.25, -0.2) is 0 Å². The van der Waals surface area contributed by atoms with Crippen LogP contribution in [0.25, 0.3) is 0 Å². The summed E-state index contributed by atoms with van der Waals surface area (Å²) in [6.45, 7) is 6.90. The standard InChI is InChI=1S/C15H23NO3/c1-4-14(19-12-18-11-10-17-3)15(2,16)13-8-6-5-7-9-13/h4-9,14H,1,10-12,16H2,2-3H3/t14-,15-/m1/s1. The summed E-state index contributed by atoms with van der Waals surface area (Å²) >= 11 is 0. The average molecular weight is 265 g/mol. The molecule has 1 rings (SSSR count). The van der Waals surface area contributed by atoms with Gasteiger partial charge in [0.05, 0.1) is 24.9 Å². The van der Waals surface area contributed by atoms with Gasteiger partial charge in [-0.1, -0.05) is 36.4 Å². The number of methoxy groups -OCH3 is 1. The van der Waals surface area contributed by atoms with Gasteiger partial charge < -0.3 is 19.9 Å². The monoisotopic (exact) mass is 265 g/mol. The molecule has 0 heterocycles. The molecule has 0 saturated heterocycles. The van der Waals surface area contributed by atoms with Crippen molar-refractivity contribution < 1.29 is 14.2 Å². The van der Waals surface area contributed by atoms with Crippen LogP contribution in [-0.2, 0) is 19.7 Å². The second kappa shape index (κ2) is 8.07. The molecule has 4 heteroatoms. The van der Waals surface area contributed by atoms with Crippen molar-refractivity contribution in [2.75, 3.05) is 27.1 Å². The minimum absolute atomic E-state index is 0.166. The lowest BCUT2D eigenvalue weighted by atomic mass is 9.87. The van der Waals surface area contributed by atoms with Crippen molar-refractivity contribution in [2.45, 2.75) is 18.6 Å². The first-order valence-corrected chi connectivity index (χ1v) is 6.28. The zero-order valence-corrected chi connectivity index (χ0v) is 11.7. The van der Waals surface area contributed by atoms with E-state index in [9.17, 15) is 0 Å². The van der Waals surface area contributed by atoms with E-state index in [-0.39, 0.29) is 12.9 Å². The molecule has 1 aromatic carbocycles. The van der Waals surface area contributed by atoms with Crippen LogP contribution in [0.5, 0.6) is 0 Å².